The monoisotopic (exact) mass is 390 g/mol. The Bertz CT molecular complexity index is 1230. The van der Waals surface area contributed by atoms with Crippen LogP contribution in [0.3, 0.4) is 0 Å². The molecule has 148 valence electrons. The highest BCUT2D eigenvalue weighted by molar-refractivity contribution is 5.81. The zero-order valence-electron chi connectivity index (χ0n) is 16.2. The van der Waals surface area contributed by atoms with Gasteiger partial charge in [0.1, 0.15) is 12.1 Å². The number of imidazole rings is 1. The Morgan fingerprint density at radius 1 is 1.07 bits per heavy atom. The minimum atomic E-state index is -0.166. The summed E-state index contributed by atoms with van der Waals surface area (Å²) in [4.78, 5) is 31.9. The van der Waals surface area contributed by atoms with Crippen LogP contribution in [0.15, 0.2) is 57.7 Å². The van der Waals surface area contributed by atoms with E-state index in [4.69, 9.17) is 4.42 Å². The van der Waals surface area contributed by atoms with E-state index in [1.807, 2.05) is 53.4 Å². The molecule has 0 atom stereocenters. The second-order valence-corrected chi connectivity index (χ2v) is 7.59. The van der Waals surface area contributed by atoms with Gasteiger partial charge >= 0.3 is 5.69 Å². The van der Waals surface area contributed by atoms with Crippen molar-refractivity contribution < 1.29 is 9.21 Å². The highest BCUT2D eigenvalue weighted by atomic mass is 16.3. The number of benzene rings is 2. The molecule has 0 aliphatic carbocycles. The van der Waals surface area contributed by atoms with E-state index in [9.17, 15) is 9.59 Å². The molecule has 1 fully saturated rings. The second-order valence-electron chi connectivity index (χ2n) is 7.59. The molecule has 1 aliphatic rings. The van der Waals surface area contributed by atoms with Crippen LogP contribution in [0.1, 0.15) is 24.7 Å². The average molecular weight is 390 g/mol. The van der Waals surface area contributed by atoms with Gasteiger partial charge in [0.25, 0.3) is 0 Å². The van der Waals surface area contributed by atoms with Gasteiger partial charge in [0.15, 0.2) is 11.5 Å². The molecule has 7 nitrogen and oxygen atoms in total. The molecule has 3 heterocycles. The molecule has 0 radical (unpaired) electrons. The summed E-state index contributed by atoms with van der Waals surface area (Å²) >= 11 is 0. The van der Waals surface area contributed by atoms with Gasteiger partial charge in [-0.15, -0.1) is 0 Å². The summed E-state index contributed by atoms with van der Waals surface area (Å²) in [6.07, 6.45) is 1.62. The molecule has 0 spiro atoms. The number of carbonyl (C=O) groups excluding carboxylic acids is 1. The third-order valence-corrected chi connectivity index (χ3v) is 5.85. The van der Waals surface area contributed by atoms with Gasteiger partial charge in [-0.1, -0.05) is 24.3 Å². The van der Waals surface area contributed by atoms with E-state index in [1.54, 1.807) is 16.2 Å². The Kier molecular flexibility index (Phi) is 4.23. The Morgan fingerprint density at radius 3 is 2.52 bits per heavy atom. The van der Waals surface area contributed by atoms with Gasteiger partial charge in [0.2, 0.25) is 5.91 Å². The van der Waals surface area contributed by atoms with Gasteiger partial charge in [-0.05, 0) is 37.1 Å². The molecule has 2 aromatic heterocycles. The number of carbonyl (C=O) groups is 1. The van der Waals surface area contributed by atoms with Crippen molar-refractivity contribution >= 4 is 28.0 Å². The van der Waals surface area contributed by atoms with Crippen molar-refractivity contribution in [2.75, 3.05) is 13.1 Å². The Morgan fingerprint density at radius 2 is 1.76 bits per heavy atom. The van der Waals surface area contributed by atoms with Crippen LogP contribution in [0.4, 0.5) is 0 Å². The van der Waals surface area contributed by atoms with Crippen LogP contribution < -0.4 is 5.69 Å². The van der Waals surface area contributed by atoms with Crippen molar-refractivity contribution in [1.82, 2.24) is 19.0 Å². The third-order valence-electron chi connectivity index (χ3n) is 5.85. The molecule has 7 heteroatoms. The predicted octanol–water partition coefficient (Wildman–Crippen LogP) is 2.89. The number of likely N-dealkylation sites (tertiary alicyclic amines) is 1. The smallest absolute Gasteiger partial charge is 0.329 e. The number of aromatic nitrogens is 3. The summed E-state index contributed by atoms with van der Waals surface area (Å²) in [5.74, 6) is 0.940. The van der Waals surface area contributed by atoms with Crippen molar-refractivity contribution in [3.63, 3.8) is 0 Å². The molecule has 0 unspecified atom stereocenters. The van der Waals surface area contributed by atoms with Crippen molar-refractivity contribution in [3.05, 3.63) is 64.9 Å². The van der Waals surface area contributed by atoms with Gasteiger partial charge < -0.3 is 9.32 Å². The van der Waals surface area contributed by atoms with E-state index >= 15 is 0 Å². The van der Waals surface area contributed by atoms with E-state index in [2.05, 4.69) is 4.98 Å². The first-order valence-corrected chi connectivity index (χ1v) is 9.89. The fourth-order valence-corrected chi connectivity index (χ4v) is 4.19. The van der Waals surface area contributed by atoms with Gasteiger partial charge in [0, 0.05) is 26.1 Å². The Labute approximate surface area is 167 Å². The number of hydrogen-bond donors (Lipinski definition) is 0. The molecular formula is C22H22N4O3. The first kappa shape index (κ1) is 17.7. The fraction of sp³-hybridized carbons (Fsp3) is 0.318. The van der Waals surface area contributed by atoms with Crippen LogP contribution in [0, 0.1) is 0 Å². The van der Waals surface area contributed by atoms with E-state index in [-0.39, 0.29) is 24.1 Å². The minimum Gasteiger partial charge on any atom is -0.440 e. The number of para-hydroxylation sites is 4. The summed E-state index contributed by atoms with van der Waals surface area (Å²) in [5.41, 5.74) is 3.13. The van der Waals surface area contributed by atoms with Gasteiger partial charge in [0.05, 0.1) is 11.0 Å². The highest BCUT2D eigenvalue weighted by Gasteiger charge is 2.27. The van der Waals surface area contributed by atoms with E-state index in [0.29, 0.717) is 13.1 Å². The molecule has 2 aromatic carbocycles. The summed E-state index contributed by atoms with van der Waals surface area (Å²) in [5, 5.41) is 0. The summed E-state index contributed by atoms with van der Waals surface area (Å²) in [6, 6.07) is 15.3. The first-order chi connectivity index (χ1) is 14.1. The summed E-state index contributed by atoms with van der Waals surface area (Å²) in [6.45, 7) is 1.34. The van der Waals surface area contributed by atoms with Crippen LogP contribution >= 0.6 is 0 Å². The lowest BCUT2D eigenvalue weighted by atomic mass is 9.97. The summed E-state index contributed by atoms with van der Waals surface area (Å²) in [7, 11) is 1.73. The summed E-state index contributed by atoms with van der Waals surface area (Å²) < 4.78 is 9.05. The molecular weight excluding hydrogens is 368 g/mol. The first-order valence-electron chi connectivity index (χ1n) is 9.89. The van der Waals surface area contributed by atoms with Gasteiger partial charge in [-0.2, -0.15) is 0 Å². The van der Waals surface area contributed by atoms with Crippen LogP contribution in [0.2, 0.25) is 0 Å². The number of fused-ring (bicyclic) bond motifs is 2. The molecule has 0 bridgehead atoms. The minimum absolute atomic E-state index is 0.0283. The molecule has 0 saturated carbocycles. The Balaban J connectivity index is 1.29. The van der Waals surface area contributed by atoms with Crippen LogP contribution in [0.5, 0.6) is 0 Å². The molecule has 5 rings (SSSR count). The van der Waals surface area contributed by atoms with Crippen molar-refractivity contribution in [2.24, 2.45) is 7.05 Å². The zero-order chi connectivity index (χ0) is 20.0. The maximum atomic E-state index is 12.9. The quantitative estimate of drug-likeness (QED) is 0.539. The largest absolute Gasteiger partial charge is 0.440 e. The topological polar surface area (TPSA) is 73.3 Å². The van der Waals surface area contributed by atoms with Crippen molar-refractivity contribution in [2.45, 2.75) is 25.3 Å². The maximum Gasteiger partial charge on any atom is 0.329 e. The zero-order valence-corrected chi connectivity index (χ0v) is 16.2. The van der Waals surface area contributed by atoms with E-state index in [1.165, 1.54) is 0 Å². The molecule has 1 saturated heterocycles. The van der Waals surface area contributed by atoms with Gasteiger partial charge in [-0.3, -0.25) is 13.9 Å². The SMILES string of the molecule is Cn1c(=O)n(CC(=O)N2CCC(c3nc4ccccc4o3)CC2)c2ccccc21. The number of aryl methyl sites for hydroxylation is 1. The molecule has 1 amide bonds. The number of nitrogens with zero attached hydrogens (tertiary/aromatic N) is 4. The van der Waals surface area contributed by atoms with Crippen LogP contribution in [-0.2, 0) is 18.4 Å². The van der Waals surface area contributed by atoms with Crippen LogP contribution in [0.25, 0.3) is 22.1 Å². The standard InChI is InChI=1S/C22H22N4O3/c1-24-17-7-3-4-8-18(17)26(22(24)28)14-20(27)25-12-10-15(11-13-25)21-23-16-6-2-5-9-19(16)29-21/h2-9,15H,10-14H2,1H3. The van der Waals surface area contributed by atoms with E-state index in [0.717, 1.165) is 40.9 Å². The van der Waals surface area contributed by atoms with Crippen LogP contribution in [-0.4, -0.2) is 38.0 Å². The number of amides is 1. The average Bonchev–Trinajstić information content (AvgIpc) is 3.29. The lowest BCUT2D eigenvalue weighted by Gasteiger charge is -2.30. The lowest BCUT2D eigenvalue weighted by molar-refractivity contribution is -0.132. The number of piperidine rings is 1. The van der Waals surface area contributed by atoms with Crippen molar-refractivity contribution in [3.8, 4) is 0 Å². The van der Waals surface area contributed by atoms with E-state index < -0.39 is 0 Å². The fourth-order valence-electron chi connectivity index (χ4n) is 4.19. The number of hydrogen-bond acceptors (Lipinski definition) is 4. The Hall–Kier alpha value is -3.35. The lowest BCUT2D eigenvalue weighted by Crippen LogP contribution is -2.41. The number of rotatable bonds is 3. The molecule has 0 N–H and O–H groups in total. The third kappa shape index (κ3) is 3.03. The predicted molar refractivity (Wildman–Crippen MR) is 110 cm³/mol. The second kappa shape index (κ2) is 6.92. The maximum absolute atomic E-state index is 12.9. The van der Waals surface area contributed by atoms with Crippen molar-refractivity contribution in [1.29, 1.82) is 0 Å². The molecule has 4 aromatic rings. The van der Waals surface area contributed by atoms with Gasteiger partial charge in [-0.25, -0.2) is 9.78 Å². The number of oxazole rings is 1. The highest BCUT2D eigenvalue weighted by Crippen LogP contribution is 2.30. The molecule has 1 aliphatic heterocycles. The normalized spacial score (nSPS) is 15.4. The molecule has 29 heavy (non-hydrogen) atoms.